The van der Waals surface area contributed by atoms with Gasteiger partial charge in [0.2, 0.25) is 0 Å². The zero-order valence-corrected chi connectivity index (χ0v) is 9.58. The Balaban J connectivity index is 1.94. The number of aromatic carboxylic acids is 1. The van der Waals surface area contributed by atoms with Gasteiger partial charge >= 0.3 is 5.97 Å². The smallest absolute Gasteiger partial charge is 0.356 e. The lowest BCUT2D eigenvalue weighted by Crippen LogP contribution is -2.04. The topological polar surface area (TPSA) is 68.0 Å². The third-order valence-corrected chi connectivity index (χ3v) is 3.86. The van der Waals surface area contributed by atoms with Crippen LogP contribution in [0.4, 0.5) is 0 Å². The van der Waals surface area contributed by atoms with Crippen LogP contribution in [0, 0.1) is 5.92 Å². The number of pyridine rings is 1. The highest BCUT2D eigenvalue weighted by Gasteiger charge is 2.50. The van der Waals surface area contributed by atoms with Gasteiger partial charge in [-0.25, -0.2) is 9.48 Å². The van der Waals surface area contributed by atoms with Gasteiger partial charge in [0.05, 0.1) is 17.6 Å². The zero-order valence-electron chi connectivity index (χ0n) is 9.58. The molecule has 2 aliphatic carbocycles. The fourth-order valence-electron chi connectivity index (χ4n) is 2.96. The number of fused-ring (bicyclic) bond motifs is 3. The molecule has 0 bridgehead atoms. The third kappa shape index (κ3) is 1.19. The molecule has 5 nitrogen and oxygen atoms in total. The number of rotatable bonds is 2. The van der Waals surface area contributed by atoms with Gasteiger partial charge < -0.3 is 5.11 Å². The van der Waals surface area contributed by atoms with Crippen LogP contribution >= 0.6 is 0 Å². The first-order valence-electron chi connectivity index (χ1n) is 6.01. The van der Waals surface area contributed by atoms with E-state index in [0.717, 1.165) is 29.8 Å². The maximum absolute atomic E-state index is 11.2. The zero-order chi connectivity index (χ0) is 12.3. The second-order valence-corrected chi connectivity index (χ2v) is 4.95. The number of carboxylic acid groups (broad SMARTS) is 1. The van der Waals surface area contributed by atoms with E-state index in [-0.39, 0.29) is 5.69 Å². The third-order valence-electron chi connectivity index (χ3n) is 3.86. The Morgan fingerprint density at radius 1 is 1.50 bits per heavy atom. The highest BCUT2D eigenvalue weighted by atomic mass is 16.4. The second kappa shape index (κ2) is 3.19. The van der Waals surface area contributed by atoms with E-state index in [0.29, 0.717) is 11.8 Å². The fourth-order valence-corrected chi connectivity index (χ4v) is 2.96. The van der Waals surface area contributed by atoms with Gasteiger partial charge in [-0.3, -0.25) is 4.98 Å². The first kappa shape index (κ1) is 9.82. The van der Waals surface area contributed by atoms with E-state index in [2.05, 4.69) is 10.1 Å². The monoisotopic (exact) mass is 241 g/mol. The molecule has 0 aliphatic heterocycles. The average molecular weight is 241 g/mol. The lowest BCUT2D eigenvalue weighted by Gasteiger charge is -2.04. The lowest BCUT2D eigenvalue weighted by atomic mass is 10.1. The SMILES string of the molecule is O=C(O)c1nn(-c2cccnc2)c2c1C[C@H]1C[C@@H]21. The van der Waals surface area contributed by atoms with Crippen molar-refractivity contribution in [2.24, 2.45) is 5.92 Å². The van der Waals surface area contributed by atoms with Crippen molar-refractivity contribution in [1.29, 1.82) is 0 Å². The molecule has 90 valence electrons. The molecule has 0 radical (unpaired) electrons. The number of carboxylic acids is 1. The molecule has 4 rings (SSSR count). The van der Waals surface area contributed by atoms with E-state index in [1.165, 1.54) is 0 Å². The Morgan fingerprint density at radius 2 is 2.39 bits per heavy atom. The normalized spacial score (nSPS) is 23.6. The Labute approximate surface area is 103 Å². The van der Waals surface area contributed by atoms with E-state index in [9.17, 15) is 9.90 Å². The van der Waals surface area contributed by atoms with Crippen LogP contribution < -0.4 is 0 Å². The maximum atomic E-state index is 11.2. The van der Waals surface area contributed by atoms with Gasteiger partial charge in [-0.1, -0.05) is 0 Å². The number of hydrogen-bond donors (Lipinski definition) is 1. The van der Waals surface area contributed by atoms with Gasteiger partial charge in [-0.15, -0.1) is 0 Å². The standard InChI is InChI=1S/C13H11N3O2/c17-13(18)11-10-5-7-4-9(7)12(10)16(15-11)8-2-1-3-14-6-8/h1-3,6-7,9H,4-5H2,(H,17,18)/t7-,9-/m1/s1. The van der Waals surface area contributed by atoms with Gasteiger partial charge in [-0.2, -0.15) is 5.10 Å². The van der Waals surface area contributed by atoms with E-state index < -0.39 is 5.97 Å². The van der Waals surface area contributed by atoms with Crippen molar-refractivity contribution in [3.63, 3.8) is 0 Å². The maximum Gasteiger partial charge on any atom is 0.356 e. The molecule has 0 amide bonds. The summed E-state index contributed by atoms with van der Waals surface area (Å²) in [7, 11) is 0. The van der Waals surface area contributed by atoms with Crippen LogP contribution in [-0.4, -0.2) is 25.8 Å². The van der Waals surface area contributed by atoms with Crippen molar-refractivity contribution in [3.8, 4) is 5.69 Å². The van der Waals surface area contributed by atoms with Gasteiger partial charge in [0, 0.05) is 17.7 Å². The molecule has 2 aromatic heterocycles. The van der Waals surface area contributed by atoms with Crippen LogP contribution in [0.1, 0.15) is 34.1 Å². The second-order valence-electron chi connectivity index (χ2n) is 4.95. The summed E-state index contributed by atoms with van der Waals surface area (Å²) in [5.74, 6) is 0.204. The summed E-state index contributed by atoms with van der Waals surface area (Å²) >= 11 is 0. The van der Waals surface area contributed by atoms with Crippen molar-refractivity contribution in [2.45, 2.75) is 18.8 Å². The van der Waals surface area contributed by atoms with E-state index in [1.54, 1.807) is 17.1 Å². The van der Waals surface area contributed by atoms with Crippen molar-refractivity contribution >= 4 is 5.97 Å². The molecule has 2 aliphatic rings. The first-order valence-corrected chi connectivity index (χ1v) is 6.01. The Bertz CT molecular complexity index is 648. The molecule has 5 heteroatoms. The molecular weight excluding hydrogens is 230 g/mol. The predicted molar refractivity (Wildman–Crippen MR) is 62.9 cm³/mol. The average Bonchev–Trinajstić information content (AvgIpc) is 2.88. The minimum absolute atomic E-state index is 0.209. The molecule has 2 aromatic rings. The summed E-state index contributed by atoms with van der Waals surface area (Å²) in [5, 5.41) is 13.5. The Hall–Kier alpha value is -2.17. The number of hydrogen-bond acceptors (Lipinski definition) is 3. The molecule has 18 heavy (non-hydrogen) atoms. The summed E-state index contributed by atoms with van der Waals surface area (Å²) in [4.78, 5) is 15.3. The van der Waals surface area contributed by atoms with Crippen LogP contribution in [0.2, 0.25) is 0 Å². The van der Waals surface area contributed by atoms with Crippen LogP contribution in [-0.2, 0) is 6.42 Å². The molecule has 1 N–H and O–H groups in total. The van der Waals surface area contributed by atoms with Crippen molar-refractivity contribution in [2.75, 3.05) is 0 Å². The quantitative estimate of drug-likeness (QED) is 0.867. The van der Waals surface area contributed by atoms with Gasteiger partial charge in [0.15, 0.2) is 5.69 Å². The van der Waals surface area contributed by atoms with Crippen LogP contribution in [0.5, 0.6) is 0 Å². The molecule has 2 heterocycles. The van der Waals surface area contributed by atoms with Crippen molar-refractivity contribution in [3.05, 3.63) is 41.5 Å². The minimum Gasteiger partial charge on any atom is -0.476 e. The summed E-state index contributed by atoms with van der Waals surface area (Å²) < 4.78 is 1.77. The van der Waals surface area contributed by atoms with Gasteiger partial charge in [0.1, 0.15) is 0 Å². The molecule has 2 atom stereocenters. The Morgan fingerprint density at radius 3 is 3.11 bits per heavy atom. The minimum atomic E-state index is -0.935. The molecular formula is C13H11N3O2. The summed E-state index contributed by atoms with van der Waals surface area (Å²) in [6, 6.07) is 3.74. The molecule has 1 saturated carbocycles. The summed E-state index contributed by atoms with van der Waals surface area (Å²) in [6.45, 7) is 0. The molecule has 0 aromatic carbocycles. The Kier molecular flexibility index (Phi) is 1.74. The van der Waals surface area contributed by atoms with E-state index in [4.69, 9.17) is 0 Å². The van der Waals surface area contributed by atoms with Gasteiger partial charge in [-0.05, 0) is 30.9 Å². The first-order chi connectivity index (χ1) is 8.75. The molecule has 0 spiro atoms. The largest absolute Gasteiger partial charge is 0.476 e. The molecule has 1 fully saturated rings. The predicted octanol–water partition coefficient (Wildman–Crippen LogP) is 1.63. The van der Waals surface area contributed by atoms with Gasteiger partial charge in [0.25, 0.3) is 0 Å². The van der Waals surface area contributed by atoms with Crippen molar-refractivity contribution < 1.29 is 9.90 Å². The van der Waals surface area contributed by atoms with Crippen LogP contribution in [0.25, 0.3) is 5.69 Å². The van der Waals surface area contributed by atoms with Crippen molar-refractivity contribution in [1.82, 2.24) is 14.8 Å². The number of nitrogens with zero attached hydrogens (tertiary/aromatic N) is 3. The summed E-state index contributed by atoms with van der Waals surface area (Å²) in [5.41, 5.74) is 3.06. The lowest BCUT2D eigenvalue weighted by molar-refractivity contribution is 0.0688. The number of carbonyl (C=O) groups is 1. The fraction of sp³-hybridized carbons (Fsp3) is 0.308. The highest BCUT2D eigenvalue weighted by Crippen LogP contribution is 2.57. The number of aromatic nitrogens is 3. The van der Waals surface area contributed by atoms with Crippen LogP contribution in [0.15, 0.2) is 24.5 Å². The van der Waals surface area contributed by atoms with Crippen LogP contribution in [0.3, 0.4) is 0 Å². The molecule has 0 unspecified atom stereocenters. The molecule has 0 saturated heterocycles. The highest BCUT2D eigenvalue weighted by molar-refractivity contribution is 5.88. The summed E-state index contributed by atoms with van der Waals surface area (Å²) in [6.07, 6.45) is 5.44. The van der Waals surface area contributed by atoms with E-state index >= 15 is 0 Å². The van der Waals surface area contributed by atoms with E-state index in [1.807, 2.05) is 12.1 Å².